The molecule has 3 heterocycles. The molecule has 1 fully saturated rings. The summed E-state index contributed by atoms with van der Waals surface area (Å²) in [6.45, 7) is 4.95. The Morgan fingerprint density at radius 3 is 2.60 bits per heavy atom. The van der Waals surface area contributed by atoms with Gasteiger partial charge in [-0.25, -0.2) is 14.6 Å². The summed E-state index contributed by atoms with van der Waals surface area (Å²) < 4.78 is 1.53. The van der Waals surface area contributed by atoms with Crippen molar-refractivity contribution in [3.8, 4) is 5.69 Å². The van der Waals surface area contributed by atoms with Gasteiger partial charge in [-0.15, -0.1) is 16.4 Å². The number of piperidine rings is 1. The molecular weight excluding hydrogens is 443 g/mol. The summed E-state index contributed by atoms with van der Waals surface area (Å²) in [5.41, 5.74) is 1.48. The minimum absolute atomic E-state index is 0.0515. The molecular formula is C20H22Cl2N6OS. The van der Waals surface area contributed by atoms with Crippen LogP contribution in [0.1, 0.15) is 48.3 Å². The molecule has 1 aliphatic heterocycles. The molecule has 1 amide bonds. The number of carbonyl (C=O) groups excluding carboxylic acids is 1. The lowest BCUT2D eigenvalue weighted by Gasteiger charge is -2.25. The normalized spacial score (nSPS) is 14.8. The van der Waals surface area contributed by atoms with Crippen molar-refractivity contribution >= 4 is 45.6 Å². The molecule has 2 aromatic heterocycles. The van der Waals surface area contributed by atoms with E-state index in [0.29, 0.717) is 33.1 Å². The van der Waals surface area contributed by atoms with Crippen molar-refractivity contribution in [1.82, 2.24) is 24.6 Å². The van der Waals surface area contributed by atoms with Crippen LogP contribution in [0.15, 0.2) is 23.6 Å². The molecule has 1 saturated heterocycles. The second-order valence-corrected chi connectivity index (χ2v) is 8.79. The number of anilines is 1. The number of rotatable bonds is 6. The van der Waals surface area contributed by atoms with E-state index in [9.17, 15) is 4.79 Å². The number of halogens is 2. The van der Waals surface area contributed by atoms with E-state index in [2.05, 4.69) is 25.3 Å². The van der Waals surface area contributed by atoms with Gasteiger partial charge in [0, 0.05) is 18.3 Å². The number of nitrogens with one attached hydrogen (secondary N) is 1. The number of para-hydroxylation sites is 1. The lowest BCUT2D eigenvalue weighted by atomic mass is 10.1. The third kappa shape index (κ3) is 4.67. The van der Waals surface area contributed by atoms with Gasteiger partial charge in [-0.2, -0.15) is 0 Å². The summed E-state index contributed by atoms with van der Waals surface area (Å²) >= 11 is 14.0. The highest BCUT2D eigenvalue weighted by Crippen LogP contribution is 2.29. The van der Waals surface area contributed by atoms with E-state index >= 15 is 0 Å². The first-order valence-corrected chi connectivity index (χ1v) is 11.6. The second kappa shape index (κ2) is 9.43. The molecule has 1 aromatic carbocycles. The van der Waals surface area contributed by atoms with Crippen LogP contribution in [-0.2, 0) is 13.0 Å². The summed E-state index contributed by atoms with van der Waals surface area (Å²) in [4.78, 5) is 24.1. The number of carbonyl (C=O) groups is 1. The van der Waals surface area contributed by atoms with Gasteiger partial charge in [0.15, 0.2) is 5.13 Å². The number of benzene rings is 1. The first kappa shape index (κ1) is 21.2. The number of hydrogen-bond donors (Lipinski definition) is 1. The first-order valence-electron chi connectivity index (χ1n) is 9.93. The van der Waals surface area contributed by atoms with Crippen LogP contribution in [0, 0.1) is 0 Å². The molecule has 0 bridgehead atoms. The van der Waals surface area contributed by atoms with E-state index < -0.39 is 5.91 Å². The van der Waals surface area contributed by atoms with E-state index in [4.69, 9.17) is 23.2 Å². The van der Waals surface area contributed by atoms with Gasteiger partial charge < -0.3 is 0 Å². The Balaban J connectivity index is 1.50. The van der Waals surface area contributed by atoms with Crippen molar-refractivity contribution in [3.63, 3.8) is 0 Å². The van der Waals surface area contributed by atoms with Crippen molar-refractivity contribution in [2.45, 2.75) is 39.2 Å². The summed E-state index contributed by atoms with van der Waals surface area (Å²) in [6.07, 6.45) is 4.33. The van der Waals surface area contributed by atoms with Crippen LogP contribution in [0.5, 0.6) is 0 Å². The molecule has 30 heavy (non-hydrogen) atoms. The van der Waals surface area contributed by atoms with Gasteiger partial charge in [0.25, 0.3) is 5.91 Å². The summed E-state index contributed by atoms with van der Waals surface area (Å²) in [5, 5.41) is 10.6. The zero-order valence-electron chi connectivity index (χ0n) is 16.6. The lowest BCUT2D eigenvalue weighted by Crippen LogP contribution is -2.29. The predicted octanol–water partition coefficient (Wildman–Crippen LogP) is 4.83. The molecule has 1 aliphatic rings. The van der Waals surface area contributed by atoms with Gasteiger partial charge in [0.05, 0.1) is 15.7 Å². The maximum Gasteiger partial charge on any atom is 0.297 e. The fourth-order valence-corrected chi connectivity index (χ4v) is 4.73. The van der Waals surface area contributed by atoms with Gasteiger partial charge in [0.2, 0.25) is 5.82 Å². The van der Waals surface area contributed by atoms with Crippen LogP contribution in [0.2, 0.25) is 10.0 Å². The second-order valence-electron chi connectivity index (χ2n) is 7.12. The predicted molar refractivity (Wildman–Crippen MR) is 120 cm³/mol. The van der Waals surface area contributed by atoms with E-state index in [0.717, 1.165) is 25.3 Å². The van der Waals surface area contributed by atoms with Crippen LogP contribution >= 0.6 is 34.5 Å². The Hall–Kier alpha value is -2.00. The number of aryl methyl sites for hydroxylation is 1. The zero-order chi connectivity index (χ0) is 21.1. The van der Waals surface area contributed by atoms with Gasteiger partial charge >= 0.3 is 0 Å². The Morgan fingerprint density at radius 1 is 1.17 bits per heavy atom. The van der Waals surface area contributed by atoms with Crippen LogP contribution in [0.25, 0.3) is 5.69 Å². The standard InChI is InChI=1S/C20H22Cl2N6OS/c1-2-16-24-18(26-28(16)17-14(21)7-6-8-15(17)22)19(29)25-20-23-13(12-30-20)11-27-9-4-3-5-10-27/h6-8,12H,2-5,9-11H2,1H3,(H,23,25,29). The number of nitrogens with zero attached hydrogens (tertiary/aromatic N) is 5. The van der Waals surface area contributed by atoms with Crippen LogP contribution in [0.4, 0.5) is 5.13 Å². The fourth-order valence-electron chi connectivity index (χ4n) is 3.48. The number of hydrogen-bond acceptors (Lipinski definition) is 6. The van der Waals surface area contributed by atoms with Crippen molar-refractivity contribution < 1.29 is 4.79 Å². The first-order chi connectivity index (χ1) is 14.5. The minimum atomic E-state index is -0.412. The topological polar surface area (TPSA) is 75.9 Å². The molecule has 3 aromatic rings. The quantitative estimate of drug-likeness (QED) is 0.564. The van der Waals surface area contributed by atoms with Gasteiger partial charge in [-0.05, 0) is 38.1 Å². The van der Waals surface area contributed by atoms with Crippen LogP contribution in [0.3, 0.4) is 0 Å². The van der Waals surface area contributed by atoms with E-state index in [1.807, 2.05) is 12.3 Å². The average molecular weight is 465 g/mol. The Kier molecular flexibility index (Phi) is 6.67. The number of thiazole rings is 1. The molecule has 4 rings (SSSR count). The van der Waals surface area contributed by atoms with Crippen LogP contribution < -0.4 is 5.32 Å². The largest absolute Gasteiger partial charge is 0.297 e. The summed E-state index contributed by atoms with van der Waals surface area (Å²) in [7, 11) is 0. The summed E-state index contributed by atoms with van der Waals surface area (Å²) in [5.74, 6) is 0.237. The van der Waals surface area contributed by atoms with Gasteiger partial charge in [-0.3, -0.25) is 15.0 Å². The average Bonchev–Trinajstić information content (AvgIpc) is 3.35. The number of likely N-dealkylation sites (tertiary alicyclic amines) is 1. The number of amides is 1. The summed E-state index contributed by atoms with van der Waals surface area (Å²) in [6, 6.07) is 5.21. The molecule has 0 atom stereocenters. The van der Waals surface area contributed by atoms with Crippen molar-refractivity contribution in [3.05, 3.63) is 51.0 Å². The monoisotopic (exact) mass is 464 g/mol. The van der Waals surface area contributed by atoms with E-state index in [1.54, 1.807) is 18.2 Å². The highest BCUT2D eigenvalue weighted by atomic mass is 35.5. The van der Waals surface area contributed by atoms with Crippen molar-refractivity contribution in [2.75, 3.05) is 18.4 Å². The minimum Gasteiger partial charge on any atom is -0.297 e. The maximum absolute atomic E-state index is 12.7. The van der Waals surface area contributed by atoms with Crippen LogP contribution in [-0.4, -0.2) is 43.6 Å². The fraction of sp³-hybridized carbons (Fsp3) is 0.400. The highest BCUT2D eigenvalue weighted by Gasteiger charge is 2.21. The molecule has 0 spiro atoms. The number of aromatic nitrogens is 4. The van der Waals surface area contributed by atoms with E-state index in [-0.39, 0.29) is 5.82 Å². The lowest BCUT2D eigenvalue weighted by molar-refractivity contribution is 0.101. The molecule has 0 aliphatic carbocycles. The molecule has 158 valence electrons. The molecule has 10 heteroatoms. The van der Waals surface area contributed by atoms with E-state index in [1.165, 1.54) is 35.3 Å². The maximum atomic E-state index is 12.7. The molecule has 0 saturated carbocycles. The third-order valence-corrected chi connectivity index (χ3v) is 6.37. The molecule has 7 nitrogen and oxygen atoms in total. The Bertz CT molecular complexity index is 1020. The van der Waals surface area contributed by atoms with Crippen molar-refractivity contribution in [1.29, 1.82) is 0 Å². The highest BCUT2D eigenvalue weighted by molar-refractivity contribution is 7.13. The smallest absolute Gasteiger partial charge is 0.297 e. The molecule has 0 unspecified atom stereocenters. The zero-order valence-corrected chi connectivity index (χ0v) is 18.9. The molecule has 1 N–H and O–H groups in total. The SMILES string of the molecule is CCc1nc(C(=O)Nc2nc(CN3CCCCC3)cs2)nn1-c1c(Cl)cccc1Cl. The Morgan fingerprint density at radius 2 is 1.90 bits per heavy atom. The molecule has 0 radical (unpaired) electrons. The van der Waals surface area contributed by atoms with Gasteiger partial charge in [0.1, 0.15) is 11.5 Å². The Labute approximate surface area is 189 Å². The van der Waals surface area contributed by atoms with Gasteiger partial charge in [-0.1, -0.05) is 42.6 Å². The third-order valence-electron chi connectivity index (χ3n) is 4.95. The van der Waals surface area contributed by atoms with Crippen molar-refractivity contribution in [2.24, 2.45) is 0 Å².